The van der Waals surface area contributed by atoms with Gasteiger partial charge in [-0.25, -0.2) is 13.6 Å². The Balaban J connectivity index is 2.78. The van der Waals surface area contributed by atoms with Crippen LogP contribution < -0.4 is 0 Å². The third kappa shape index (κ3) is 3.16. The fraction of sp³-hybridized carbons (Fsp3) is 0.182. The SMILES string of the molecule is C=C(C)COC(=O)c1ccc(F)cc1F. The summed E-state index contributed by atoms with van der Waals surface area (Å²) in [5.74, 6) is -2.49. The molecule has 0 amide bonds. The summed E-state index contributed by atoms with van der Waals surface area (Å²) in [5, 5.41) is 0. The minimum atomic E-state index is -0.929. The number of hydrogen-bond acceptors (Lipinski definition) is 2. The van der Waals surface area contributed by atoms with E-state index in [2.05, 4.69) is 6.58 Å². The van der Waals surface area contributed by atoms with Crippen molar-refractivity contribution >= 4 is 5.97 Å². The lowest BCUT2D eigenvalue weighted by Crippen LogP contribution is -2.09. The lowest BCUT2D eigenvalue weighted by Gasteiger charge is -2.04. The Morgan fingerprint density at radius 1 is 1.47 bits per heavy atom. The van der Waals surface area contributed by atoms with Crippen LogP contribution in [0.15, 0.2) is 30.4 Å². The maximum atomic E-state index is 13.1. The van der Waals surface area contributed by atoms with E-state index in [9.17, 15) is 13.6 Å². The van der Waals surface area contributed by atoms with Crippen LogP contribution in [-0.2, 0) is 4.74 Å². The van der Waals surface area contributed by atoms with E-state index in [1.165, 1.54) is 0 Å². The number of carbonyl (C=O) groups is 1. The topological polar surface area (TPSA) is 26.3 Å². The Kier molecular flexibility index (Phi) is 3.55. The lowest BCUT2D eigenvalue weighted by molar-refractivity contribution is 0.0535. The van der Waals surface area contributed by atoms with E-state index in [-0.39, 0.29) is 12.2 Å². The Bertz CT molecular complexity index is 400. The van der Waals surface area contributed by atoms with E-state index in [0.717, 1.165) is 12.1 Å². The molecule has 0 saturated heterocycles. The molecule has 1 aromatic rings. The van der Waals surface area contributed by atoms with E-state index in [1.54, 1.807) is 6.92 Å². The van der Waals surface area contributed by atoms with Gasteiger partial charge in [0.2, 0.25) is 0 Å². The molecule has 80 valence electrons. The van der Waals surface area contributed by atoms with Gasteiger partial charge < -0.3 is 4.74 Å². The average molecular weight is 212 g/mol. The monoisotopic (exact) mass is 212 g/mol. The van der Waals surface area contributed by atoms with Gasteiger partial charge in [0.15, 0.2) is 0 Å². The van der Waals surface area contributed by atoms with E-state index in [0.29, 0.717) is 11.6 Å². The number of carbonyl (C=O) groups excluding carboxylic acids is 1. The van der Waals surface area contributed by atoms with Crippen LogP contribution in [0.2, 0.25) is 0 Å². The van der Waals surface area contributed by atoms with Crippen LogP contribution in [0.4, 0.5) is 8.78 Å². The molecule has 1 rings (SSSR count). The molecule has 15 heavy (non-hydrogen) atoms. The minimum Gasteiger partial charge on any atom is -0.458 e. The van der Waals surface area contributed by atoms with Crippen molar-refractivity contribution in [3.05, 3.63) is 47.5 Å². The maximum Gasteiger partial charge on any atom is 0.341 e. The van der Waals surface area contributed by atoms with Crippen LogP contribution in [0.25, 0.3) is 0 Å². The molecule has 0 aliphatic carbocycles. The third-order valence-electron chi connectivity index (χ3n) is 1.60. The fourth-order valence-corrected chi connectivity index (χ4v) is 0.922. The molecule has 4 heteroatoms. The van der Waals surface area contributed by atoms with Gasteiger partial charge >= 0.3 is 5.97 Å². The molecule has 0 aliphatic rings. The summed E-state index contributed by atoms with van der Waals surface area (Å²) >= 11 is 0. The zero-order valence-electron chi connectivity index (χ0n) is 8.22. The third-order valence-corrected chi connectivity index (χ3v) is 1.60. The number of ether oxygens (including phenoxy) is 1. The van der Waals surface area contributed by atoms with Crippen molar-refractivity contribution in [2.45, 2.75) is 6.92 Å². The average Bonchev–Trinajstić information content (AvgIpc) is 2.14. The summed E-state index contributed by atoms with van der Waals surface area (Å²) in [7, 11) is 0. The summed E-state index contributed by atoms with van der Waals surface area (Å²) in [6, 6.07) is 2.68. The Morgan fingerprint density at radius 3 is 2.67 bits per heavy atom. The van der Waals surface area contributed by atoms with Gasteiger partial charge in [-0.2, -0.15) is 0 Å². The largest absolute Gasteiger partial charge is 0.458 e. The number of hydrogen-bond donors (Lipinski definition) is 0. The van der Waals surface area contributed by atoms with Crippen LogP contribution in [0.3, 0.4) is 0 Å². The maximum absolute atomic E-state index is 13.1. The van der Waals surface area contributed by atoms with Crippen molar-refractivity contribution in [1.82, 2.24) is 0 Å². The summed E-state index contributed by atoms with van der Waals surface area (Å²) in [4.78, 5) is 11.3. The molecule has 0 saturated carbocycles. The first-order chi connectivity index (χ1) is 7.00. The van der Waals surface area contributed by atoms with Crippen molar-refractivity contribution in [3.63, 3.8) is 0 Å². The Labute approximate surface area is 86.2 Å². The van der Waals surface area contributed by atoms with Crippen LogP contribution in [0, 0.1) is 11.6 Å². The van der Waals surface area contributed by atoms with Crippen LogP contribution in [0.5, 0.6) is 0 Å². The molecular formula is C11H10F2O2. The number of halogens is 2. The molecule has 2 nitrogen and oxygen atoms in total. The van der Waals surface area contributed by atoms with Gasteiger partial charge in [0, 0.05) is 6.07 Å². The van der Waals surface area contributed by atoms with Gasteiger partial charge in [-0.1, -0.05) is 6.58 Å². The highest BCUT2D eigenvalue weighted by molar-refractivity contribution is 5.89. The summed E-state index contributed by atoms with van der Waals surface area (Å²) in [6.45, 7) is 5.22. The van der Waals surface area contributed by atoms with Crippen molar-refractivity contribution in [1.29, 1.82) is 0 Å². The first kappa shape index (κ1) is 11.4. The predicted octanol–water partition coefficient (Wildman–Crippen LogP) is 2.70. The summed E-state index contributed by atoms with van der Waals surface area (Å²) in [5.41, 5.74) is 0.364. The van der Waals surface area contributed by atoms with E-state index in [1.807, 2.05) is 0 Å². The summed E-state index contributed by atoms with van der Waals surface area (Å²) in [6.07, 6.45) is 0. The second-order valence-electron chi connectivity index (χ2n) is 3.16. The van der Waals surface area contributed by atoms with Gasteiger partial charge in [-0.3, -0.25) is 0 Å². The lowest BCUT2D eigenvalue weighted by atomic mass is 10.2. The van der Waals surface area contributed by atoms with E-state index in [4.69, 9.17) is 4.74 Å². The minimum absolute atomic E-state index is 0.0235. The molecule has 0 bridgehead atoms. The molecule has 0 fully saturated rings. The second kappa shape index (κ2) is 4.68. The molecule has 0 spiro atoms. The fourth-order valence-electron chi connectivity index (χ4n) is 0.922. The van der Waals surface area contributed by atoms with Gasteiger partial charge in [0.05, 0.1) is 5.56 Å². The quantitative estimate of drug-likeness (QED) is 0.568. The van der Waals surface area contributed by atoms with Crippen LogP contribution in [-0.4, -0.2) is 12.6 Å². The number of rotatable bonds is 3. The molecular weight excluding hydrogens is 202 g/mol. The van der Waals surface area contributed by atoms with E-state index >= 15 is 0 Å². The zero-order valence-corrected chi connectivity index (χ0v) is 8.22. The Hall–Kier alpha value is -1.71. The molecule has 0 unspecified atom stereocenters. The van der Waals surface area contributed by atoms with E-state index < -0.39 is 17.6 Å². The van der Waals surface area contributed by atoms with Gasteiger partial charge in [0.1, 0.15) is 18.2 Å². The molecule has 0 heterocycles. The first-order valence-corrected chi connectivity index (χ1v) is 4.27. The molecule has 0 radical (unpaired) electrons. The standard InChI is InChI=1S/C11H10F2O2/c1-7(2)6-15-11(14)9-4-3-8(12)5-10(9)13/h3-5H,1,6H2,2H3. The molecule has 0 aromatic heterocycles. The highest BCUT2D eigenvalue weighted by Gasteiger charge is 2.13. The van der Waals surface area contributed by atoms with Gasteiger partial charge in [-0.05, 0) is 24.6 Å². The highest BCUT2D eigenvalue weighted by Crippen LogP contribution is 2.11. The van der Waals surface area contributed by atoms with Crippen LogP contribution >= 0.6 is 0 Å². The van der Waals surface area contributed by atoms with Crippen LogP contribution in [0.1, 0.15) is 17.3 Å². The molecule has 0 atom stereocenters. The Morgan fingerprint density at radius 2 is 2.13 bits per heavy atom. The van der Waals surface area contributed by atoms with Gasteiger partial charge in [0.25, 0.3) is 0 Å². The zero-order chi connectivity index (χ0) is 11.4. The molecule has 0 N–H and O–H groups in total. The first-order valence-electron chi connectivity index (χ1n) is 4.27. The number of esters is 1. The normalized spacial score (nSPS) is 9.80. The highest BCUT2D eigenvalue weighted by atomic mass is 19.1. The number of benzene rings is 1. The predicted molar refractivity (Wildman–Crippen MR) is 51.5 cm³/mol. The second-order valence-corrected chi connectivity index (χ2v) is 3.16. The van der Waals surface area contributed by atoms with Crippen molar-refractivity contribution in [2.75, 3.05) is 6.61 Å². The van der Waals surface area contributed by atoms with Gasteiger partial charge in [-0.15, -0.1) is 0 Å². The smallest absolute Gasteiger partial charge is 0.341 e. The van der Waals surface area contributed by atoms with Crippen molar-refractivity contribution in [3.8, 4) is 0 Å². The summed E-state index contributed by atoms with van der Waals surface area (Å²) < 4.78 is 30.3. The van der Waals surface area contributed by atoms with Crippen molar-refractivity contribution < 1.29 is 18.3 Å². The molecule has 0 aliphatic heterocycles. The molecule has 1 aromatic carbocycles. The van der Waals surface area contributed by atoms with Crippen molar-refractivity contribution in [2.24, 2.45) is 0 Å².